The largest absolute Gasteiger partial charge is 0.380 e. The van der Waals surface area contributed by atoms with E-state index >= 15 is 0 Å². The van der Waals surface area contributed by atoms with Crippen molar-refractivity contribution in [3.63, 3.8) is 0 Å². The Balaban J connectivity index is 2.15. The molecule has 2 N–H and O–H groups in total. The van der Waals surface area contributed by atoms with Crippen molar-refractivity contribution in [1.82, 2.24) is 10.1 Å². The molecule has 0 aliphatic rings. The van der Waals surface area contributed by atoms with E-state index in [2.05, 4.69) is 10.1 Å². The Morgan fingerprint density at radius 1 is 1.44 bits per heavy atom. The van der Waals surface area contributed by atoms with E-state index in [1.54, 1.807) is 0 Å². The minimum Gasteiger partial charge on any atom is -0.380 e. The molecule has 0 spiro atoms. The van der Waals surface area contributed by atoms with Gasteiger partial charge in [0.15, 0.2) is 5.82 Å². The number of aromatic nitrogens is 2. The zero-order valence-corrected chi connectivity index (χ0v) is 10.6. The SMILES string of the molecule is CCOCC(N)c1noc(-c2cccc(C)c2)n1. The van der Waals surface area contributed by atoms with Crippen LogP contribution in [0.4, 0.5) is 0 Å². The Bertz CT molecular complexity index is 510. The second-order valence-corrected chi connectivity index (χ2v) is 4.09. The van der Waals surface area contributed by atoms with Crippen LogP contribution in [-0.4, -0.2) is 23.4 Å². The topological polar surface area (TPSA) is 74.2 Å². The molecular weight excluding hydrogens is 230 g/mol. The fraction of sp³-hybridized carbons (Fsp3) is 0.385. The molecule has 0 aliphatic heterocycles. The van der Waals surface area contributed by atoms with Crippen molar-refractivity contribution in [2.45, 2.75) is 19.9 Å². The van der Waals surface area contributed by atoms with Gasteiger partial charge in [0.25, 0.3) is 5.89 Å². The van der Waals surface area contributed by atoms with Crippen molar-refractivity contribution >= 4 is 0 Å². The summed E-state index contributed by atoms with van der Waals surface area (Å²) in [7, 11) is 0. The van der Waals surface area contributed by atoms with Crippen LogP contribution in [0.2, 0.25) is 0 Å². The summed E-state index contributed by atoms with van der Waals surface area (Å²) in [6.07, 6.45) is 0. The molecular formula is C13H17N3O2. The van der Waals surface area contributed by atoms with E-state index in [-0.39, 0.29) is 6.04 Å². The summed E-state index contributed by atoms with van der Waals surface area (Å²) >= 11 is 0. The summed E-state index contributed by atoms with van der Waals surface area (Å²) < 4.78 is 10.4. The summed E-state index contributed by atoms with van der Waals surface area (Å²) in [5.41, 5.74) is 7.94. The van der Waals surface area contributed by atoms with Gasteiger partial charge < -0.3 is 15.0 Å². The van der Waals surface area contributed by atoms with Crippen molar-refractivity contribution < 1.29 is 9.26 Å². The van der Waals surface area contributed by atoms with Crippen molar-refractivity contribution in [3.05, 3.63) is 35.7 Å². The van der Waals surface area contributed by atoms with Crippen LogP contribution in [0, 0.1) is 6.92 Å². The fourth-order valence-electron chi connectivity index (χ4n) is 1.60. The minimum absolute atomic E-state index is 0.354. The highest BCUT2D eigenvalue weighted by atomic mass is 16.5. The molecule has 0 radical (unpaired) electrons. The average Bonchev–Trinajstić information content (AvgIpc) is 2.85. The third-order valence-corrected chi connectivity index (χ3v) is 2.54. The lowest BCUT2D eigenvalue weighted by Gasteiger charge is -2.05. The highest BCUT2D eigenvalue weighted by molar-refractivity contribution is 5.53. The minimum atomic E-state index is -0.354. The zero-order valence-electron chi connectivity index (χ0n) is 10.6. The molecule has 1 heterocycles. The first-order chi connectivity index (χ1) is 8.70. The first-order valence-corrected chi connectivity index (χ1v) is 5.94. The van der Waals surface area contributed by atoms with E-state index in [4.69, 9.17) is 15.0 Å². The maximum atomic E-state index is 5.89. The van der Waals surface area contributed by atoms with Gasteiger partial charge in [0.05, 0.1) is 12.6 Å². The number of hydrogen-bond donors (Lipinski definition) is 1. The highest BCUT2D eigenvalue weighted by Gasteiger charge is 2.15. The molecule has 2 rings (SSSR count). The van der Waals surface area contributed by atoms with Gasteiger partial charge in [0, 0.05) is 12.2 Å². The van der Waals surface area contributed by atoms with Crippen LogP contribution in [0.5, 0.6) is 0 Å². The molecule has 1 unspecified atom stereocenters. The zero-order chi connectivity index (χ0) is 13.0. The molecule has 0 bridgehead atoms. The molecule has 0 saturated heterocycles. The molecule has 5 heteroatoms. The van der Waals surface area contributed by atoms with E-state index in [0.717, 1.165) is 11.1 Å². The van der Waals surface area contributed by atoms with Crippen LogP contribution in [-0.2, 0) is 4.74 Å². The van der Waals surface area contributed by atoms with Crippen molar-refractivity contribution in [2.24, 2.45) is 5.73 Å². The molecule has 5 nitrogen and oxygen atoms in total. The van der Waals surface area contributed by atoms with Crippen molar-refractivity contribution in [2.75, 3.05) is 13.2 Å². The number of nitrogens with two attached hydrogens (primary N) is 1. The monoisotopic (exact) mass is 247 g/mol. The van der Waals surface area contributed by atoms with Gasteiger partial charge in [0.2, 0.25) is 0 Å². The molecule has 18 heavy (non-hydrogen) atoms. The molecule has 96 valence electrons. The van der Waals surface area contributed by atoms with Gasteiger partial charge >= 0.3 is 0 Å². The van der Waals surface area contributed by atoms with Crippen LogP contribution in [0.25, 0.3) is 11.5 Å². The normalized spacial score (nSPS) is 12.6. The molecule has 0 saturated carbocycles. The number of rotatable bonds is 5. The van der Waals surface area contributed by atoms with Gasteiger partial charge in [-0.1, -0.05) is 22.9 Å². The molecule has 1 aromatic carbocycles. The van der Waals surface area contributed by atoms with E-state index in [0.29, 0.717) is 24.9 Å². The third-order valence-electron chi connectivity index (χ3n) is 2.54. The Morgan fingerprint density at radius 2 is 2.28 bits per heavy atom. The predicted octanol–water partition coefficient (Wildman–Crippen LogP) is 2.08. The number of nitrogens with zero attached hydrogens (tertiary/aromatic N) is 2. The fourth-order valence-corrected chi connectivity index (χ4v) is 1.60. The Hall–Kier alpha value is -1.72. The van der Waals surface area contributed by atoms with Crippen LogP contribution in [0.1, 0.15) is 24.4 Å². The van der Waals surface area contributed by atoms with Crippen molar-refractivity contribution in [1.29, 1.82) is 0 Å². The standard InChI is InChI=1S/C13H17N3O2/c1-3-17-8-11(14)12-15-13(18-16-12)10-6-4-5-9(2)7-10/h4-7,11H,3,8,14H2,1-2H3. The quantitative estimate of drug-likeness (QED) is 0.875. The van der Waals surface area contributed by atoms with Crippen LogP contribution >= 0.6 is 0 Å². The van der Waals surface area contributed by atoms with Gasteiger partial charge in [-0.25, -0.2) is 0 Å². The molecule has 0 fully saturated rings. The summed E-state index contributed by atoms with van der Waals surface area (Å²) in [4.78, 5) is 4.29. The van der Waals surface area contributed by atoms with Gasteiger partial charge in [-0.05, 0) is 26.0 Å². The summed E-state index contributed by atoms with van der Waals surface area (Å²) in [6, 6.07) is 7.53. The van der Waals surface area contributed by atoms with E-state index in [1.807, 2.05) is 38.1 Å². The summed E-state index contributed by atoms with van der Waals surface area (Å²) in [6.45, 7) is 4.95. The van der Waals surface area contributed by atoms with Gasteiger partial charge in [-0.3, -0.25) is 0 Å². The lowest BCUT2D eigenvalue weighted by Crippen LogP contribution is -2.18. The van der Waals surface area contributed by atoms with E-state index < -0.39 is 0 Å². The molecule has 1 aromatic heterocycles. The molecule has 2 aromatic rings. The maximum Gasteiger partial charge on any atom is 0.257 e. The summed E-state index contributed by atoms with van der Waals surface area (Å²) in [5.74, 6) is 0.959. The first-order valence-electron chi connectivity index (χ1n) is 5.94. The van der Waals surface area contributed by atoms with E-state index in [9.17, 15) is 0 Å². The molecule has 0 aliphatic carbocycles. The van der Waals surface area contributed by atoms with Crippen LogP contribution in [0.3, 0.4) is 0 Å². The van der Waals surface area contributed by atoms with Crippen molar-refractivity contribution in [3.8, 4) is 11.5 Å². The van der Waals surface area contributed by atoms with E-state index in [1.165, 1.54) is 0 Å². The number of ether oxygens (including phenoxy) is 1. The van der Waals surface area contributed by atoms with Gasteiger partial charge in [-0.15, -0.1) is 0 Å². The number of aryl methyl sites for hydroxylation is 1. The molecule has 1 atom stereocenters. The average molecular weight is 247 g/mol. The lowest BCUT2D eigenvalue weighted by molar-refractivity contribution is 0.130. The smallest absolute Gasteiger partial charge is 0.257 e. The number of benzene rings is 1. The Kier molecular flexibility index (Phi) is 4.07. The second-order valence-electron chi connectivity index (χ2n) is 4.09. The number of hydrogen-bond acceptors (Lipinski definition) is 5. The van der Waals surface area contributed by atoms with Gasteiger partial charge in [0.1, 0.15) is 0 Å². The molecule has 0 amide bonds. The second kappa shape index (κ2) is 5.75. The first kappa shape index (κ1) is 12.7. The Morgan fingerprint density at radius 3 is 3.00 bits per heavy atom. The lowest BCUT2D eigenvalue weighted by atomic mass is 10.1. The summed E-state index contributed by atoms with van der Waals surface area (Å²) in [5, 5.41) is 3.88. The van der Waals surface area contributed by atoms with Gasteiger partial charge in [-0.2, -0.15) is 4.98 Å². The van der Waals surface area contributed by atoms with Crippen LogP contribution < -0.4 is 5.73 Å². The van der Waals surface area contributed by atoms with Crippen LogP contribution in [0.15, 0.2) is 28.8 Å². The Labute approximate surface area is 106 Å². The predicted molar refractivity (Wildman–Crippen MR) is 67.9 cm³/mol. The highest BCUT2D eigenvalue weighted by Crippen LogP contribution is 2.19. The third kappa shape index (κ3) is 2.94. The maximum absolute atomic E-state index is 5.89.